The Hall–Kier alpha value is -3.53. The molecule has 0 atom stereocenters. The van der Waals surface area contributed by atoms with Gasteiger partial charge in [-0.2, -0.15) is 5.26 Å². The molecule has 7 heteroatoms. The van der Waals surface area contributed by atoms with Crippen molar-refractivity contribution in [3.05, 3.63) is 48.5 Å². The van der Waals surface area contributed by atoms with E-state index in [9.17, 15) is 5.26 Å². The van der Waals surface area contributed by atoms with Gasteiger partial charge in [-0.1, -0.05) is 0 Å². The van der Waals surface area contributed by atoms with Gasteiger partial charge in [0.25, 0.3) is 0 Å². The molecule has 0 amide bonds. The Morgan fingerprint density at radius 2 is 1.87 bits per heavy atom. The van der Waals surface area contributed by atoms with Gasteiger partial charge in [0.05, 0.1) is 19.0 Å². The van der Waals surface area contributed by atoms with E-state index in [1.165, 1.54) is 0 Å². The molecule has 3 aromatic heterocycles. The van der Waals surface area contributed by atoms with Crippen molar-refractivity contribution in [2.45, 2.75) is 0 Å². The van der Waals surface area contributed by atoms with Gasteiger partial charge in [-0.3, -0.25) is 9.97 Å². The van der Waals surface area contributed by atoms with Crippen LogP contribution in [0.15, 0.2) is 43.0 Å². The molecule has 3 heterocycles. The standard InChI is InChI=1S/C16H12N6O/c1-23-12-6-11(8-20-9-12)14-13(7-17)15(18)22-16(21-14)10-2-4-19-5-3-10/h2-6,8-9H,1H3,(H2,18,21,22). The summed E-state index contributed by atoms with van der Waals surface area (Å²) < 4.78 is 5.17. The van der Waals surface area contributed by atoms with Crippen LogP contribution in [0.3, 0.4) is 0 Å². The van der Waals surface area contributed by atoms with Crippen LogP contribution in [0.1, 0.15) is 5.56 Å². The van der Waals surface area contributed by atoms with Crippen molar-refractivity contribution in [3.63, 3.8) is 0 Å². The van der Waals surface area contributed by atoms with Crippen molar-refractivity contribution in [1.82, 2.24) is 19.9 Å². The van der Waals surface area contributed by atoms with Gasteiger partial charge in [-0.05, 0) is 18.2 Å². The first kappa shape index (κ1) is 14.4. The third-order valence-electron chi connectivity index (χ3n) is 3.21. The second-order valence-electron chi connectivity index (χ2n) is 4.62. The van der Waals surface area contributed by atoms with E-state index in [2.05, 4.69) is 19.9 Å². The normalized spacial score (nSPS) is 10.1. The van der Waals surface area contributed by atoms with Gasteiger partial charge in [0.15, 0.2) is 5.82 Å². The van der Waals surface area contributed by atoms with E-state index in [1.54, 1.807) is 50.1 Å². The molecule has 0 aliphatic heterocycles. The SMILES string of the molecule is COc1cncc(-c2nc(-c3ccncc3)nc(N)c2C#N)c1. The van der Waals surface area contributed by atoms with E-state index in [0.717, 1.165) is 5.56 Å². The first-order valence-electron chi connectivity index (χ1n) is 6.70. The highest BCUT2D eigenvalue weighted by Gasteiger charge is 2.16. The molecule has 0 radical (unpaired) electrons. The predicted octanol–water partition coefficient (Wildman–Crippen LogP) is 2.06. The number of hydrogen-bond acceptors (Lipinski definition) is 7. The van der Waals surface area contributed by atoms with Gasteiger partial charge in [0.1, 0.15) is 23.2 Å². The third-order valence-corrected chi connectivity index (χ3v) is 3.21. The Bertz CT molecular complexity index is 889. The highest BCUT2D eigenvalue weighted by Crippen LogP contribution is 2.28. The van der Waals surface area contributed by atoms with Crippen LogP contribution in [0.2, 0.25) is 0 Å². The quantitative estimate of drug-likeness (QED) is 0.788. The molecule has 0 saturated carbocycles. The second kappa shape index (κ2) is 6.07. The Kier molecular flexibility index (Phi) is 3.80. The number of ether oxygens (including phenoxy) is 1. The molecule has 0 aromatic carbocycles. The summed E-state index contributed by atoms with van der Waals surface area (Å²) in [5.74, 6) is 1.10. The lowest BCUT2D eigenvalue weighted by molar-refractivity contribution is 0.413. The van der Waals surface area contributed by atoms with Gasteiger partial charge >= 0.3 is 0 Å². The molecular weight excluding hydrogens is 292 g/mol. The van der Waals surface area contributed by atoms with Gasteiger partial charge in [0, 0.05) is 29.7 Å². The molecule has 0 saturated heterocycles. The molecule has 0 aliphatic rings. The maximum absolute atomic E-state index is 9.38. The van der Waals surface area contributed by atoms with Crippen LogP contribution in [-0.4, -0.2) is 27.0 Å². The number of rotatable bonds is 3. The van der Waals surface area contributed by atoms with Crippen LogP contribution in [-0.2, 0) is 0 Å². The van der Waals surface area contributed by atoms with Gasteiger partial charge in [0.2, 0.25) is 0 Å². The molecule has 2 N–H and O–H groups in total. The summed E-state index contributed by atoms with van der Waals surface area (Å²) in [7, 11) is 1.54. The van der Waals surface area contributed by atoms with E-state index < -0.39 is 0 Å². The Morgan fingerprint density at radius 3 is 2.57 bits per heavy atom. The first-order valence-corrected chi connectivity index (χ1v) is 6.70. The minimum absolute atomic E-state index is 0.118. The van der Waals surface area contributed by atoms with E-state index in [1.807, 2.05) is 6.07 Å². The molecule has 112 valence electrons. The maximum Gasteiger partial charge on any atom is 0.162 e. The van der Waals surface area contributed by atoms with Gasteiger partial charge in [-0.15, -0.1) is 0 Å². The Labute approximate surface area is 132 Å². The number of nitrogens with two attached hydrogens (primary N) is 1. The van der Waals surface area contributed by atoms with Gasteiger partial charge < -0.3 is 10.5 Å². The van der Waals surface area contributed by atoms with E-state index >= 15 is 0 Å². The Morgan fingerprint density at radius 1 is 1.09 bits per heavy atom. The molecule has 0 spiro atoms. The average Bonchev–Trinajstić information content (AvgIpc) is 2.61. The smallest absolute Gasteiger partial charge is 0.162 e. The molecule has 0 unspecified atom stereocenters. The van der Waals surface area contributed by atoms with Crippen molar-refractivity contribution in [2.24, 2.45) is 0 Å². The van der Waals surface area contributed by atoms with Crippen LogP contribution in [0.4, 0.5) is 5.82 Å². The van der Waals surface area contributed by atoms with Crippen LogP contribution >= 0.6 is 0 Å². The van der Waals surface area contributed by atoms with Crippen LogP contribution < -0.4 is 10.5 Å². The summed E-state index contributed by atoms with van der Waals surface area (Å²) in [5.41, 5.74) is 7.95. The molecule has 7 nitrogen and oxygen atoms in total. The van der Waals surface area contributed by atoms with Crippen LogP contribution in [0.5, 0.6) is 5.75 Å². The topological polar surface area (TPSA) is 111 Å². The van der Waals surface area contributed by atoms with Crippen molar-refractivity contribution in [1.29, 1.82) is 5.26 Å². The minimum Gasteiger partial charge on any atom is -0.495 e. The van der Waals surface area contributed by atoms with Crippen molar-refractivity contribution in [2.75, 3.05) is 12.8 Å². The fraction of sp³-hybridized carbons (Fsp3) is 0.0625. The molecule has 23 heavy (non-hydrogen) atoms. The number of hydrogen-bond donors (Lipinski definition) is 1. The fourth-order valence-corrected chi connectivity index (χ4v) is 2.09. The predicted molar refractivity (Wildman–Crippen MR) is 84.2 cm³/mol. The summed E-state index contributed by atoms with van der Waals surface area (Å²) in [6.07, 6.45) is 6.45. The monoisotopic (exact) mass is 304 g/mol. The maximum atomic E-state index is 9.38. The zero-order chi connectivity index (χ0) is 16.2. The van der Waals surface area contributed by atoms with Crippen LogP contribution in [0.25, 0.3) is 22.6 Å². The number of methoxy groups -OCH3 is 1. The Balaban J connectivity index is 2.22. The average molecular weight is 304 g/mol. The molecule has 0 bridgehead atoms. The number of aromatic nitrogens is 4. The van der Waals surface area contributed by atoms with Gasteiger partial charge in [-0.25, -0.2) is 9.97 Å². The molecule has 0 aliphatic carbocycles. The number of pyridine rings is 2. The summed E-state index contributed by atoms with van der Waals surface area (Å²) in [4.78, 5) is 16.7. The fourth-order valence-electron chi connectivity index (χ4n) is 2.09. The highest BCUT2D eigenvalue weighted by atomic mass is 16.5. The number of nitrogen functional groups attached to an aromatic ring is 1. The molecular formula is C16H12N6O. The first-order chi connectivity index (χ1) is 11.2. The zero-order valence-electron chi connectivity index (χ0n) is 12.3. The second-order valence-corrected chi connectivity index (χ2v) is 4.62. The summed E-state index contributed by atoms with van der Waals surface area (Å²) in [6.45, 7) is 0. The van der Waals surface area contributed by atoms with E-state index in [-0.39, 0.29) is 11.4 Å². The number of anilines is 1. The van der Waals surface area contributed by atoms with Crippen molar-refractivity contribution >= 4 is 5.82 Å². The van der Waals surface area contributed by atoms with E-state index in [0.29, 0.717) is 22.8 Å². The van der Waals surface area contributed by atoms with Crippen molar-refractivity contribution in [3.8, 4) is 34.5 Å². The summed E-state index contributed by atoms with van der Waals surface area (Å²) >= 11 is 0. The summed E-state index contributed by atoms with van der Waals surface area (Å²) in [6, 6.07) is 7.33. The highest BCUT2D eigenvalue weighted by molar-refractivity contribution is 5.74. The number of nitriles is 1. The van der Waals surface area contributed by atoms with Crippen LogP contribution in [0, 0.1) is 11.3 Å². The summed E-state index contributed by atoms with van der Waals surface area (Å²) in [5, 5.41) is 9.38. The van der Waals surface area contributed by atoms with E-state index in [4.69, 9.17) is 10.5 Å². The third kappa shape index (κ3) is 2.78. The lowest BCUT2D eigenvalue weighted by Gasteiger charge is -2.09. The zero-order valence-corrected chi connectivity index (χ0v) is 12.3. The largest absolute Gasteiger partial charge is 0.495 e. The molecule has 3 rings (SSSR count). The number of nitrogens with zero attached hydrogens (tertiary/aromatic N) is 5. The van der Waals surface area contributed by atoms with Crippen molar-refractivity contribution < 1.29 is 4.74 Å². The minimum atomic E-state index is 0.118. The lowest BCUT2D eigenvalue weighted by atomic mass is 10.1. The lowest BCUT2D eigenvalue weighted by Crippen LogP contribution is -2.03. The molecule has 3 aromatic rings. The molecule has 0 fully saturated rings.